The van der Waals surface area contributed by atoms with Gasteiger partial charge in [-0.3, -0.25) is 0 Å². The van der Waals surface area contributed by atoms with Gasteiger partial charge in [-0.2, -0.15) is 18.4 Å². The topological polar surface area (TPSA) is 55.4 Å². The number of rotatable bonds is 1. The summed E-state index contributed by atoms with van der Waals surface area (Å²) in [5.41, 5.74) is 0.373. The van der Waals surface area contributed by atoms with Crippen LogP contribution in [0.25, 0.3) is 30.1 Å². The second kappa shape index (κ2) is 5.45. The molecule has 2 aromatic rings. The minimum absolute atomic E-state index is 0.0330. The average Bonchev–Trinajstić information content (AvgIpc) is 2.43. The third-order valence-electron chi connectivity index (χ3n) is 3.06. The molecule has 0 saturated heterocycles. The van der Waals surface area contributed by atoms with E-state index in [9.17, 15) is 13.2 Å². The first-order valence-electron chi connectivity index (χ1n) is 6.18. The maximum absolute atomic E-state index is 12.9. The summed E-state index contributed by atoms with van der Waals surface area (Å²) >= 11 is 0. The highest BCUT2D eigenvalue weighted by atomic mass is 19.4. The van der Waals surface area contributed by atoms with Gasteiger partial charge in [0.2, 0.25) is 0 Å². The van der Waals surface area contributed by atoms with E-state index in [0.29, 0.717) is 22.0 Å². The Morgan fingerprint density at radius 3 is 2.36 bits per heavy atom. The Bertz CT molecular complexity index is 938. The van der Waals surface area contributed by atoms with Crippen LogP contribution < -0.4 is 10.7 Å². The molecule has 3 nitrogen and oxygen atoms in total. The molecule has 0 atom stereocenters. The van der Waals surface area contributed by atoms with Gasteiger partial charge in [0, 0.05) is 21.6 Å². The van der Waals surface area contributed by atoms with E-state index >= 15 is 0 Å². The standard InChI is InChI=1S/C16H12F3N3/c1-4-11-7-14-13(6-12(11)8-20)10(3)22-15(16(17,18)19)5-9(2)21-14/h4-7,21-22H,1-3H2. The van der Waals surface area contributed by atoms with Crippen molar-refractivity contribution in [1.82, 2.24) is 9.97 Å². The van der Waals surface area contributed by atoms with Gasteiger partial charge in [0.15, 0.2) is 0 Å². The molecule has 1 heterocycles. The van der Waals surface area contributed by atoms with Crippen molar-refractivity contribution in [1.29, 1.82) is 5.26 Å². The fourth-order valence-corrected chi connectivity index (χ4v) is 2.04. The summed E-state index contributed by atoms with van der Waals surface area (Å²) in [5.74, 6) is 0. The number of fused-ring (bicyclic) bond motifs is 1. The van der Waals surface area contributed by atoms with Crippen LogP contribution in [-0.2, 0) is 6.18 Å². The molecule has 0 unspecified atom stereocenters. The summed E-state index contributed by atoms with van der Waals surface area (Å²) in [4.78, 5) is 5.03. The van der Waals surface area contributed by atoms with Gasteiger partial charge in [-0.25, -0.2) is 0 Å². The number of hydrogen-bond donors (Lipinski definition) is 2. The van der Waals surface area contributed by atoms with Gasteiger partial charge in [-0.15, -0.1) is 0 Å². The largest absolute Gasteiger partial charge is 0.431 e. The lowest BCUT2D eigenvalue weighted by molar-refractivity contribution is -0.141. The molecule has 2 rings (SSSR count). The summed E-state index contributed by atoms with van der Waals surface area (Å²) < 4.78 is 38.8. The predicted molar refractivity (Wildman–Crippen MR) is 80.4 cm³/mol. The first-order valence-corrected chi connectivity index (χ1v) is 6.18. The summed E-state index contributed by atoms with van der Waals surface area (Å²) in [6, 6.07) is 5.92. The molecule has 0 spiro atoms. The first kappa shape index (κ1) is 15.4. The number of benzene rings is 1. The maximum atomic E-state index is 12.9. The zero-order valence-electron chi connectivity index (χ0n) is 11.5. The smallest absolute Gasteiger partial charge is 0.355 e. The molecule has 0 amide bonds. The molecule has 112 valence electrons. The number of aromatic amines is 2. The van der Waals surface area contributed by atoms with Gasteiger partial charge in [-0.1, -0.05) is 25.8 Å². The molecule has 1 aromatic heterocycles. The van der Waals surface area contributed by atoms with Gasteiger partial charge in [0.1, 0.15) is 5.69 Å². The van der Waals surface area contributed by atoms with Crippen molar-refractivity contribution in [2.45, 2.75) is 6.18 Å². The van der Waals surface area contributed by atoms with Crippen molar-refractivity contribution in [3.63, 3.8) is 0 Å². The molecule has 0 aliphatic rings. The number of H-pyrrole nitrogens is 2. The van der Waals surface area contributed by atoms with E-state index in [1.807, 2.05) is 6.07 Å². The molecule has 0 fully saturated rings. The SMILES string of the molecule is C=Cc1cc2[nH]c(=C)cc(C(F)(F)F)[nH]c(=C)c2cc1C#N. The first-order chi connectivity index (χ1) is 10.3. The Balaban J connectivity index is 3.03. The van der Waals surface area contributed by atoms with Gasteiger partial charge >= 0.3 is 6.18 Å². The average molecular weight is 303 g/mol. The molecule has 0 radical (unpaired) electrons. The van der Waals surface area contributed by atoms with Crippen LogP contribution in [0, 0.1) is 11.3 Å². The number of aromatic nitrogens is 2. The van der Waals surface area contributed by atoms with Gasteiger partial charge < -0.3 is 9.97 Å². The molecular formula is C16H12F3N3. The van der Waals surface area contributed by atoms with Crippen LogP contribution in [-0.4, -0.2) is 9.97 Å². The van der Waals surface area contributed by atoms with Crippen molar-refractivity contribution < 1.29 is 13.2 Å². The van der Waals surface area contributed by atoms with Crippen molar-refractivity contribution in [2.75, 3.05) is 0 Å². The highest BCUT2D eigenvalue weighted by molar-refractivity contribution is 5.83. The lowest BCUT2D eigenvalue weighted by atomic mass is 10.1. The van der Waals surface area contributed by atoms with Crippen LogP contribution >= 0.6 is 0 Å². The Morgan fingerprint density at radius 2 is 1.82 bits per heavy atom. The lowest BCUT2D eigenvalue weighted by Crippen LogP contribution is -2.18. The monoisotopic (exact) mass is 303 g/mol. The number of nitrogens with one attached hydrogen (secondary N) is 2. The Hall–Kier alpha value is -2.94. The fraction of sp³-hybridized carbons (Fsp3) is 0.0625. The third-order valence-corrected chi connectivity index (χ3v) is 3.06. The van der Waals surface area contributed by atoms with Crippen molar-refractivity contribution in [3.05, 3.63) is 52.3 Å². The summed E-state index contributed by atoms with van der Waals surface area (Å²) in [6.45, 7) is 10.8. The van der Waals surface area contributed by atoms with Gasteiger partial charge in [0.25, 0.3) is 0 Å². The lowest BCUT2D eigenvalue weighted by Gasteiger charge is -2.07. The van der Waals surface area contributed by atoms with Crippen LogP contribution in [0.15, 0.2) is 24.8 Å². The highest BCUT2D eigenvalue weighted by Gasteiger charge is 2.31. The minimum Gasteiger partial charge on any atom is -0.355 e. The molecule has 0 aliphatic heterocycles. The van der Waals surface area contributed by atoms with Crippen molar-refractivity contribution in [3.8, 4) is 6.07 Å². The molecule has 1 aromatic carbocycles. The Labute approximate surface area is 124 Å². The van der Waals surface area contributed by atoms with Crippen LogP contribution in [0.1, 0.15) is 16.8 Å². The van der Waals surface area contributed by atoms with Crippen LogP contribution in [0.4, 0.5) is 13.2 Å². The summed E-state index contributed by atoms with van der Waals surface area (Å²) in [7, 11) is 0. The van der Waals surface area contributed by atoms with E-state index in [1.54, 1.807) is 6.07 Å². The van der Waals surface area contributed by atoms with Crippen LogP contribution in [0.5, 0.6) is 0 Å². The Morgan fingerprint density at radius 1 is 1.14 bits per heavy atom. The number of halogens is 3. The fourth-order valence-electron chi connectivity index (χ4n) is 2.04. The van der Waals surface area contributed by atoms with E-state index in [-0.39, 0.29) is 10.7 Å². The quantitative estimate of drug-likeness (QED) is 0.836. The molecule has 6 heteroatoms. The van der Waals surface area contributed by atoms with E-state index in [0.717, 1.165) is 6.07 Å². The molecule has 2 N–H and O–H groups in total. The summed E-state index contributed by atoms with van der Waals surface area (Å²) in [5, 5.41) is 9.57. The van der Waals surface area contributed by atoms with E-state index in [1.165, 1.54) is 12.1 Å². The zero-order chi connectivity index (χ0) is 16.5. The highest BCUT2D eigenvalue weighted by Crippen LogP contribution is 2.25. The van der Waals surface area contributed by atoms with Crippen LogP contribution in [0.3, 0.4) is 0 Å². The number of nitriles is 1. The van der Waals surface area contributed by atoms with Crippen molar-refractivity contribution in [2.24, 2.45) is 0 Å². The minimum atomic E-state index is -4.57. The third kappa shape index (κ3) is 2.88. The molecule has 0 bridgehead atoms. The Kier molecular flexibility index (Phi) is 3.83. The molecule has 0 aliphatic carbocycles. The second-order valence-corrected chi connectivity index (χ2v) is 4.61. The van der Waals surface area contributed by atoms with Crippen molar-refractivity contribution >= 4 is 30.1 Å². The molecule has 0 saturated carbocycles. The van der Waals surface area contributed by atoms with Gasteiger partial charge in [-0.05, 0) is 23.8 Å². The number of nitrogens with zero attached hydrogens (tertiary/aromatic N) is 1. The maximum Gasteiger partial charge on any atom is 0.431 e. The second-order valence-electron chi connectivity index (χ2n) is 4.61. The predicted octanol–water partition coefficient (Wildman–Crippen LogP) is 2.97. The van der Waals surface area contributed by atoms with Gasteiger partial charge in [0.05, 0.1) is 11.6 Å². The van der Waals surface area contributed by atoms with Crippen LogP contribution in [0.2, 0.25) is 0 Å². The van der Waals surface area contributed by atoms with E-state index < -0.39 is 11.9 Å². The number of hydrogen-bond acceptors (Lipinski definition) is 1. The molecular weight excluding hydrogens is 291 g/mol. The van der Waals surface area contributed by atoms with E-state index in [4.69, 9.17) is 5.26 Å². The van der Waals surface area contributed by atoms with E-state index in [2.05, 4.69) is 29.7 Å². The number of alkyl halides is 3. The normalized spacial score (nSPS) is 11.0. The summed E-state index contributed by atoms with van der Waals surface area (Å²) in [6.07, 6.45) is -3.07. The zero-order valence-corrected chi connectivity index (χ0v) is 11.5. The molecule has 22 heavy (non-hydrogen) atoms.